The highest BCUT2D eigenvalue weighted by Gasteiger charge is 2.54. The van der Waals surface area contributed by atoms with Crippen LogP contribution in [0.15, 0.2) is 47.7 Å². The highest BCUT2D eigenvalue weighted by molar-refractivity contribution is 5.68. The highest BCUT2D eigenvalue weighted by Crippen LogP contribution is 2.46. The molecule has 12 heteroatoms. The van der Waals surface area contributed by atoms with E-state index >= 15 is 0 Å². The minimum Gasteiger partial charge on any atom is -0.381 e. The van der Waals surface area contributed by atoms with E-state index in [1.807, 2.05) is 0 Å². The van der Waals surface area contributed by atoms with E-state index in [4.69, 9.17) is 4.74 Å². The highest BCUT2D eigenvalue weighted by atomic mass is 19.4. The van der Waals surface area contributed by atoms with Gasteiger partial charge in [-0.1, -0.05) is 12.2 Å². The van der Waals surface area contributed by atoms with Crippen LogP contribution in [0, 0.1) is 11.8 Å². The molecule has 35 heavy (non-hydrogen) atoms. The van der Waals surface area contributed by atoms with Crippen molar-refractivity contribution in [2.75, 3.05) is 23.8 Å². The van der Waals surface area contributed by atoms with Crippen molar-refractivity contribution < 1.29 is 26.7 Å². The van der Waals surface area contributed by atoms with E-state index in [0.717, 1.165) is 19.2 Å². The number of ether oxygens (including phenoxy) is 1. The van der Waals surface area contributed by atoms with Crippen LogP contribution in [0.5, 0.6) is 0 Å². The maximum Gasteiger partial charge on any atom is 0.392 e. The summed E-state index contributed by atoms with van der Waals surface area (Å²) in [4.78, 5) is 16.5. The first-order chi connectivity index (χ1) is 16.5. The number of halogens is 5. The molecule has 0 amide bonds. The van der Waals surface area contributed by atoms with Gasteiger partial charge in [-0.05, 0) is 18.9 Å². The molecular formula is C23H23F5N6O. The summed E-state index contributed by atoms with van der Waals surface area (Å²) in [5.41, 5.74) is 0.143. The first-order valence-electron chi connectivity index (χ1n) is 10.8. The van der Waals surface area contributed by atoms with Gasteiger partial charge >= 0.3 is 6.18 Å². The zero-order chi connectivity index (χ0) is 25.2. The molecule has 1 saturated heterocycles. The molecule has 0 aromatic carbocycles. The lowest BCUT2D eigenvalue weighted by molar-refractivity contribution is -0.125. The number of alkyl halides is 5. The van der Waals surface area contributed by atoms with Crippen molar-refractivity contribution in [2.24, 2.45) is 16.8 Å². The number of aliphatic imine (C=N–C) groups is 1. The lowest BCUT2D eigenvalue weighted by Crippen LogP contribution is -2.15. The van der Waals surface area contributed by atoms with Crippen LogP contribution in [0.1, 0.15) is 24.7 Å². The van der Waals surface area contributed by atoms with Gasteiger partial charge in [0.1, 0.15) is 17.3 Å². The molecule has 1 aliphatic carbocycles. The van der Waals surface area contributed by atoms with E-state index < -0.39 is 18.5 Å². The predicted molar refractivity (Wildman–Crippen MR) is 122 cm³/mol. The minimum atomic E-state index is -4.33. The van der Waals surface area contributed by atoms with Crippen molar-refractivity contribution in [3.05, 3.63) is 54.1 Å². The molecule has 2 aliphatic rings. The van der Waals surface area contributed by atoms with Crippen molar-refractivity contribution in [2.45, 2.75) is 31.5 Å². The van der Waals surface area contributed by atoms with Gasteiger partial charge in [0.25, 0.3) is 5.92 Å². The molecule has 4 rings (SSSR count). The van der Waals surface area contributed by atoms with Gasteiger partial charge in [-0.25, -0.2) is 18.7 Å². The lowest BCUT2D eigenvalue weighted by Gasteiger charge is -2.14. The summed E-state index contributed by atoms with van der Waals surface area (Å²) in [6, 6.07) is 3.03. The number of nitrogens with zero attached hydrogens (tertiary/aromatic N) is 4. The van der Waals surface area contributed by atoms with Gasteiger partial charge in [0, 0.05) is 42.6 Å². The third-order valence-corrected chi connectivity index (χ3v) is 5.65. The first-order valence-corrected chi connectivity index (χ1v) is 10.8. The Hall–Kier alpha value is -3.41. The summed E-state index contributed by atoms with van der Waals surface area (Å²) >= 11 is 0. The number of rotatable bonds is 9. The Kier molecular flexibility index (Phi) is 6.84. The Morgan fingerprint density at radius 3 is 2.51 bits per heavy atom. The van der Waals surface area contributed by atoms with Gasteiger partial charge in [-0.3, -0.25) is 9.98 Å². The Bertz CT molecular complexity index is 1130. The van der Waals surface area contributed by atoms with Gasteiger partial charge in [-0.15, -0.1) is 0 Å². The van der Waals surface area contributed by atoms with Crippen molar-refractivity contribution in [1.82, 2.24) is 15.0 Å². The Morgan fingerprint density at radius 2 is 1.86 bits per heavy atom. The topological polar surface area (TPSA) is 84.3 Å². The van der Waals surface area contributed by atoms with E-state index in [9.17, 15) is 22.0 Å². The zero-order valence-electron chi connectivity index (χ0n) is 18.7. The molecule has 2 aromatic heterocycles. The molecule has 1 aliphatic heterocycles. The third-order valence-electron chi connectivity index (χ3n) is 5.65. The molecule has 0 bridgehead atoms. The number of aromatic nitrogens is 3. The summed E-state index contributed by atoms with van der Waals surface area (Å²) in [5, 5.41) is 6.26. The fraction of sp³-hybridized carbons (Fsp3) is 0.391. The maximum atomic E-state index is 13.7. The summed E-state index contributed by atoms with van der Waals surface area (Å²) in [6.07, 6.45) is 0.491. The molecule has 2 unspecified atom stereocenters. The third kappa shape index (κ3) is 6.38. The molecular weight excluding hydrogens is 471 g/mol. The fourth-order valence-electron chi connectivity index (χ4n) is 3.78. The average molecular weight is 494 g/mol. The van der Waals surface area contributed by atoms with Crippen LogP contribution in [0.2, 0.25) is 0 Å². The fourth-order valence-corrected chi connectivity index (χ4v) is 3.78. The number of hydrogen-bond acceptors (Lipinski definition) is 7. The summed E-state index contributed by atoms with van der Waals surface area (Å²) in [7, 11) is 0. The van der Waals surface area contributed by atoms with E-state index in [1.54, 1.807) is 6.07 Å². The van der Waals surface area contributed by atoms with Crippen LogP contribution in [-0.2, 0) is 10.7 Å². The predicted octanol–water partition coefficient (Wildman–Crippen LogP) is 5.33. The van der Waals surface area contributed by atoms with Crippen LogP contribution < -0.4 is 10.6 Å². The number of allylic oxidation sites excluding steroid dienone is 3. The molecule has 2 fully saturated rings. The number of pyridine rings is 1. The molecule has 2 atom stereocenters. The van der Waals surface area contributed by atoms with Crippen molar-refractivity contribution >= 4 is 29.7 Å². The van der Waals surface area contributed by atoms with Crippen molar-refractivity contribution in [3.8, 4) is 0 Å². The molecule has 0 spiro atoms. The number of fused-ring (bicyclic) bond motifs is 1. The van der Waals surface area contributed by atoms with Gasteiger partial charge < -0.3 is 15.4 Å². The molecule has 2 N–H and O–H groups in total. The lowest BCUT2D eigenvalue weighted by atomic mass is 10.1. The number of hydrogen-bond donors (Lipinski definition) is 2. The van der Waals surface area contributed by atoms with Crippen LogP contribution in [0.25, 0.3) is 5.70 Å². The molecule has 7 nitrogen and oxygen atoms in total. The summed E-state index contributed by atoms with van der Waals surface area (Å²) in [6.45, 7) is 5.54. The second-order valence-corrected chi connectivity index (χ2v) is 8.43. The molecule has 1 saturated carbocycles. The summed E-state index contributed by atoms with van der Waals surface area (Å²) < 4.78 is 70.1. The van der Waals surface area contributed by atoms with Gasteiger partial charge in [0.15, 0.2) is 5.82 Å². The van der Waals surface area contributed by atoms with E-state index in [-0.39, 0.29) is 34.6 Å². The molecule has 3 heterocycles. The average Bonchev–Trinajstić information content (AvgIpc) is 3.18. The van der Waals surface area contributed by atoms with E-state index in [2.05, 4.69) is 37.3 Å². The van der Waals surface area contributed by atoms with E-state index in [0.29, 0.717) is 30.9 Å². The number of anilines is 3. The van der Waals surface area contributed by atoms with Crippen molar-refractivity contribution in [3.63, 3.8) is 0 Å². The van der Waals surface area contributed by atoms with Gasteiger partial charge in [-0.2, -0.15) is 13.2 Å². The summed E-state index contributed by atoms with van der Waals surface area (Å²) in [5.74, 6) is -1.55. The van der Waals surface area contributed by atoms with Gasteiger partial charge in [0.05, 0.1) is 31.5 Å². The van der Waals surface area contributed by atoms with Crippen LogP contribution in [0.4, 0.5) is 39.3 Å². The van der Waals surface area contributed by atoms with E-state index in [1.165, 1.54) is 24.4 Å². The Balaban J connectivity index is 1.62. The van der Waals surface area contributed by atoms with Crippen LogP contribution >= 0.6 is 0 Å². The molecule has 186 valence electrons. The SMILES string of the molecule is C=N/C(=C\C=C/CC(F)(F)F)c1nc(Nc2cncc(C(C)(F)F)c2)cc(NC2C3COCC32)n1. The smallest absolute Gasteiger partial charge is 0.381 e. The zero-order valence-corrected chi connectivity index (χ0v) is 18.7. The first kappa shape index (κ1) is 24.7. The largest absolute Gasteiger partial charge is 0.392 e. The second-order valence-electron chi connectivity index (χ2n) is 8.43. The standard InChI is InChI=1S/C23H23F5N6O/c1-22(24,25)13-7-14(10-30-9-13)31-18-8-19(32-20-15-11-35-12-16(15)20)34-21(33-18)17(29-2)5-3-4-6-23(26,27)28/h3-5,7-10,15-16,20H,2,6,11-12H2,1H3,(H2,31,32,33,34)/b4-3-,17-5-. The van der Waals surface area contributed by atoms with Gasteiger partial charge in [0.2, 0.25) is 0 Å². The van der Waals surface area contributed by atoms with Crippen molar-refractivity contribution in [1.29, 1.82) is 0 Å². The Labute approximate surface area is 198 Å². The Morgan fingerprint density at radius 1 is 1.14 bits per heavy atom. The normalized spacial score (nSPS) is 22.2. The maximum absolute atomic E-state index is 13.7. The monoisotopic (exact) mass is 494 g/mol. The minimum absolute atomic E-state index is 0.0937. The quantitative estimate of drug-likeness (QED) is 0.278. The second kappa shape index (κ2) is 9.68. The molecule has 2 aromatic rings. The van der Waals surface area contributed by atoms with Crippen LogP contribution in [0.3, 0.4) is 0 Å². The molecule has 0 radical (unpaired) electrons. The van der Waals surface area contributed by atoms with Crippen LogP contribution in [-0.4, -0.2) is 47.1 Å². The number of nitrogens with one attached hydrogen (secondary N) is 2.